The second-order valence-corrected chi connectivity index (χ2v) is 3.77. The molecule has 0 aliphatic heterocycles. The van der Waals surface area contributed by atoms with Crippen molar-refractivity contribution in [3.8, 4) is 5.75 Å². The van der Waals surface area contributed by atoms with E-state index in [0.29, 0.717) is 0 Å². The molecule has 1 aromatic rings. The Labute approximate surface area is 113 Å². The maximum absolute atomic E-state index is 11.2. The van der Waals surface area contributed by atoms with Crippen molar-refractivity contribution in [2.75, 3.05) is 13.7 Å². The molecular weight excluding hydrogens is 276 g/mol. The van der Waals surface area contributed by atoms with Crippen molar-refractivity contribution < 1.29 is 24.2 Å². The maximum atomic E-state index is 11.2. The van der Waals surface area contributed by atoms with Gasteiger partial charge in [-0.25, -0.2) is 9.59 Å². The number of ether oxygens (including phenoxy) is 1. The Morgan fingerprint density at radius 2 is 2.05 bits per heavy atom. The summed E-state index contributed by atoms with van der Waals surface area (Å²) in [7, 11) is 1.37. The van der Waals surface area contributed by atoms with Gasteiger partial charge in [0.15, 0.2) is 6.61 Å². The van der Waals surface area contributed by atoms with Crippen molar-refractivity contribution in [1.82, 2.24) is 10.6 Å². The third kappa shape index (κ3) is 4.47. The summed E-state index contributed by atoms with van der Waals surface area (Å²) in [6, 6.07) is 3.18. The molecule has 1 rings (SSSR count). The summed E-state index contributed by atoms with van der Waals surface area (Å²) in [6.45, 7) is -0.417. The van der Waals surface area contributed by atoms with Crippen molar-refractivity contribution >= 4 is 29.5 Å². The minimum Gasteiger partial charge on any atom is -0.482 e. The van der Waals surface area contributed by atoms with Crippen LogP contribution in [0.4, 0.5) is 4.79 Å². The van der Waals surface area contributed by atoms with Crippen LogP contribution in [0.5, 0.6) is 5.75 Å². The van der Waals surface area contributed by atoms with Crippen LogP contribution in [-0.4, -0.2) is 36.7 Å². The number of hydrogen-bond acceptors (Lipinski definition) is 4. The molecule has 0 unspecified atom stereocenters. The van der Waals surface area contributed by atoms with Crippen LogP contribution in [0.2, 0.25) is 5.02 Å². The second-order valence-electron chi connectivity index (χ2n) is 3.37. The highest BCUT2D eigenvalue weighted by Crippen LogP contribution is 2.25. The molecule has 0 saturated heterocycles. The molecule has 0 radical (unpaired) electrons. The minimum atomic E-state index is -1.12. The lowest BCUT2D eigenvalue weighted by atomic mass is 10.2. The molecule has 0 spiro atoms. The Kier molecular flexibility index (Phi) is 5.13. The number of carbonyl (C=O) groups excluding carboxylic acids is 2. The average Bonchev–Trinajstić information content (AvgIpc) is 2.36. The summed E-state index contributed by atoms with van der Waals surface area (Å²) in [4.78, 5) is 32.7. The van der Waals surface area contributed by atoms with Gasteiger partial charge in [-0.15, -0.1) is 0 Å². The summed E-state index contributed by atoms with van der Waals surface area (Å²) in [5, 5.41) is 13.0. The first kappa shape index (κ1) is 14.8. The molecule has 0 atom stereocenters. The van der Waals surface area contributed by atoms with Gasteiger partial charge in [-0.2, -0.15) is 0 Å². The Balaban J connectivity index is 2.61. The number of urea groups is 1. The van der Waals surface area contributed by atoms with Gasteiger partial charge in [-0.05, 0) is 18.2 Å². The summed E-state index contributed by atoms with van der Waals surface area (Å²) in [6.07, 6.45) is 0. The minimum absolute atomic E-state index is 0.00663. The molecule has 1 aromatic carbocycles. The number of carbonyl (C=O) groups is 3. The average molecular weight is 287 g/mol. The van der Waals surface area contributed by atoms with Crippen molar-refractivity contribution in [2.24, 2.45) is 0 Å². The highest BCUT2D eigenvalue weighted by atomic mass is 35.5. The zero-order valence-electron chi connectivity index (χ0n) is 9.90. The van der Waals surface area contributed by atoms with Gasteiger partial charge in [0.1, 0.15) is 5.75 Å². The lowest BCUT2D eigenvalue weighted by molar-refractivity contribution is -0.122. The Morgan fingerprint density at radius 3 is 2.58 bits per heavy atom. The molecule has 0 fully saturated rings. The third-order valence-electron chi connectivity index (χ3n) is 2.02. The van der Waals surface area contributed by atoms with E-state index in [1.165, 1.54) is 25.2 Å². The number of carboxylic acid groups (broad SMARTS) is 1. The molecule has 3 amide bonds. The topological polar surface area (TPSA) is 105 Å². The van der Waals surface area contributed by atoms with E-state index in [1.54, 1.807) is 0 Å². The maximum Gasteiger partial charge on any atom is 0.335 e. The van der Waals surface area contributed by atoms with Crippen molar-refractivity contribution in [3.05, 3.63) is 28.8 Å². The largest absolute Gasteiger partial charge is 0.482 e. The standard InChI is InChI=1S/C11H11ClN2O5/c1-13-11(18)14-9(15)5-19-8-3-2-6(10(16)17)4-7(8)12/h2-4H,5H2,1H3,(H,16,17)(H2,13,14,15,18). The van der Waals surface area contributed by atoms with Crippen LogP contribution in [0, 0.1) is 0 Å². The smallest absolute Gasteiger partial charge is 0.335 e. The zero-order chi connectivity index (χ0) is 14.4. The molecule has 0 heterocycles. The molecule has 0 bridgehead atoms. The normalized spacial score (nSPS) is 9.58. The fraction of sp³-hybridized carbons (Fsp3) is 0.182. The quantitative estimate of drug-likeness (QED) is 0.762. The SMILES string of the molecule is CNC(=O)NC(=O)COc1ccc(C(=O)O)cc1Cl. The van der Waals surface area contributed by atoms with Crippen LogP contribution in [-0.2, 0) is 4.79 Å². The molecule has 8 heteroatoms. The number of nitrogens with one attached hydrogen (secondary N) is 2. The van der Waals surface area contributed by atoms with Gasteiger partial charge in [0.2, 0.25) is 0 Å². The zero-order valence-corrected chi connectivity index (χ0v) is 10.7. The van der Waals surface area contributed by atoms with E-state index >= 15 is 0 Å². The molecule has 7 nitrogen and oxygen atoms in total. The summed E-state index contributed by atoms with van der Waals surface area (Å²) in [5.74, 6) is -1.62. The second kappa shape index (κ2) is 6.60. The van der Waals surface area contributed by atoms with Crippen LogP contribution in [0.3, 0.4) is 0 Å². The van der Waals surface area contributed by atoms with Gasteiger partial charge >= 0.3 is 12.0 Å². The summed E-state index contributed by atoms with van der Waals surface area (Å²) >= 11 is 5.79. The third-order valence-corrected chi connectivity index (χ3v) is 2.31. The number of rotatable bonds is 4. The predicted octanol–water partition coefficient (Wildman–Crippen LogP) is 0.873. The predicted molar refractivity (Wildman–Crippen MR) is 66.5 cm³/mol. The van der Waals surface area contributed by atoms with E-state index in [1.807, 2.05) is 5.32 Å². The van der Waals surface area contributed by atoms with Crippen LogP contribution in [0.25, 0.3) is 0 Å². The molecule has 3 N–H and O–H groups in total. The van der Waals surface area contributed by atoms with Crippen molar-refractivity contribution in [3.63, 3.8) is 0 Å². The first-order valence-corrected chi connectivity index (χ1v) is 5.49. The molecule has 19 heavy (non-hydrogen) atoms. The number of benzene rings is 1. The van der Waals surface area contributed by atoms with Crippen LogP contribution >= 0.6 is 11.6 Å². The molecule has 0 aliphatic rings. The fourth-order valence-corrected chi connectivity index (χ4v) is 1.35. The molecule has 0 aromatic heterocycles. The molecule has 0 aliphatic carbocycles. The van der Waals surface area contributed by atoms with Crippen molar-refractivity contribution in [2.45, 2.75) is 0 Å². The number of halogens is 1. The number of carboxylic acids is 1. The van der Waals surface area contributed by atoms with Crippen LogP contribution < -0.4 is 15.4 Å². The summed E-state index contributed by atoms with van der Waals surface area (Å²) < 4.78 is 5.06. The first-order valence-electron chi connectivity index (χ1n) is 5.11. The van der Waals surface area contributed by atoms with E-state index in [2.05, 4.69) is 5.32 Å². The fourth-order valence-electron chi connectivity index (χ4n) is 1.12. The van der Waals surface area contributed by atoms with Gasteiger partial charge in [0, 0.05) is 7.05 Å². The Bertz CT molecular complexity index is 518. The van der Waals surface area contributed by atoms with Gasteiger partial charge < -0.3 is 15.2 Å². The number of amides is 3. The van der Waals surface area contributed by atoms with E-state index in [4.69, 9.17) is 21.4 Å². The number of aromatic carboxylic acids is 1. The first-order chi connectivity index (χ1) is 8.93. The molecule has 102 valence electrons. The number of imide groups is 1. The van der Waals surface area contributed by atoms with Crippen LogP contribution in [0.1, 0.15) is 10.4 Å². The van der Waals surface area contributed by atoms with Crippen molar-refractivity contribution in [1.29, 1.82) is 0 Å². The van der Waals surface area contributed by atoms with E-state index in [9.17, 15) is 14.4 Å². The van der Waals surface area contributed by atoms with Gasteiger partial charge in [0.25, 0.3) is 5.91 Å². The monoisotopic (exact) mass is 286 g/mol. The van der Waals surface area contributed by atoms with Gasteiger partial charge in [-0.3, -0.25) is 10.1 Å². The Hall–Kier alpha value is -2.28. The highest BCUT2D eigenvalue weighted by molar-refractivity contribution is 6.32. The van der Waals surface area contributed by atoms with Gasteiger partial charge in [-0.1, -0.05) is 11.6 Å². The van der Waals surface area contributed by atoms with Gasteiger partial charge in [0.05, 0.1) is 10.6 Å². The van der Waals surface area contributed by atoms with E-state index in [-0.39, 0.29) is 16.3 Å². The number of hydrogen-bond donors (Lipinski definition) is 3. The summed E-state index contributed by atoms with van der Waals surface area (Å²) in [5.41, 5.74) is 0.00663. The Morgan fingerprint density at radius 1 is 1.37 bits per heavy atom. The lowest BCUT2D eigenvalue weighted by Crippen LogP contribution is -2.39. The highest BCUT2D eigenvalue weighted by Gasteiger charge is 2.10. The lowest BCUT2D eigenvalue weighted by Gasteiger charge is -2.08. The van der Waals surface area contributed by atoms with Crippen LogP contribution in [0.15, 0.2) is 18.2 Å². The van der Waals surface area contributed by atoms with E-state index in [0.717, 1.165) is 0 Å². The molecule has 0 saturated carbocycles. The molecular formula is C11H11ClN2O5. The van der Waals surface area contributed by atoms with E-state index < -0.39 is 24.5 Å².